The van der Waals surface area contributed by atoms with Crippen molar-refractivity contribution < 1.29 is 8.78 Å². The van der Waals surface area contributed by atoms with Crippen molar-refractivity contribution in [3.63, 3.8) is 0 Å². The molecular formula is C16H19F2NS. The zero-order valence-electron chi connectivity index (χ0n) is 11.7. The largest absolute Gasteiger partial charge is 0.310 e. The van der Waals surface area contributed by atoms with Crippen LogP contribution in [0.5, 0.6) is 0 Å². The summed E-state index contributed by atoms with van der Waals surface area (Å²) in [7, 11) is 0. The summed E-state index contributed by atoms with van der Waals surface area (Å²) in [4.78, 5) is 2.05. The van der Waals surface area contributed by atoms with Crippen LogP contribution < -0.4 is 5.32 Å². The van der Waals surface area contributed by atoms with Crippen molar-refractivity contribution in [3.05, 3.63) is 46.8 Å². The van der Waals surface area contributed by atoms with Crippen LogP contribution in [0.15, 0.2) is 30.3 Å². The van der Waals surface area contributed by atoms with Crippen LogP contribution in [0.2, 0.25) is 0 Å². The summed E-state index contributed by atoms with van der Waals surface area (Å²) in [5.41, 5.74) is 0.467. The van der Waals surface area contributed by atoms with Crippen LogP contribution >= 0.6 is 11.3 Å². The zero-order chi connectivity index (χ0) is 14.5. The van der Waals surface area contributed by atoms with Crippen molar-refractivity contribution >= 4 is 11.3 Å². The van der Waals surface area contributed by atoms with E-state index in [1.54, 1.807) is 11.3 Å². The molecule has 2 rings (SSSR count). The van der Waals surface area contributed by atoms with Gasteiger partial charge in [-0.15, -0.1) is 11.3 Å². The Labute approximate surface area is 122 Å². The molecule has 0 aliphatic rings. The Morgan fingerprint density at radius 2 is 1.95 bits per heavy atom. The monoisotopic (exact) mass is 295 g/mol. The van der Waals surface area contributed by atoms with Crippen LogP contribution in [-0.4, -0.2) is 6.54 Å². The van der Waals surface area contributed by atoms with Crippen molar-refractivity contribution in [1.29, 1.82) is 0 Å². The van der Waals surface area contributed by atoms with Crippen molar-refractivity contribution in [2.24, 2.45) is 0 Å². The van der Waals surface area contributed by atoms with E-state index in [1.165, 1.54) is 17.0 Å². The van der Waals surface area contributed by atoms with Crippen LogP contribution in [0.1, 0.15) is 37.6 Å². The minimum atomic E-state index is -0.542. The van der Waals surface area contributed by atoms with Gasteiger partial charge in [0.1, 0.15) is 11.6 Å². The molecule has 0 fully saturated rings. The van der Waals surface area contributed by atoms with Gasteiger partial charge in [0.25, 0.3) is 0 Å². The second-order valence-electron chi connectivity index (χ2n) is 4.73. The molecule has 1 nitrogen and oxygen atoms in total. The van der Waals surface area contributed by atoms with Gasteiger partial charge in [0.15, 0.2) is 0 Å². The summed E-state index contributed by atoms with van der Waals surface area (Å²) in [6.45, 7) is 5.14. The molecule has 1 aromatic carbocycles. The van der Waals surface area contributed by atoms with Crippen molar-refractivity contribution in [2.75, 3.05) is 6.54 Å². The van der Waals surface area contributed by atoms with E-state index >= 15 is 0 Å². The molecule has 108 valence electrons. The highest BCUT2D eigenvalue weighted by Gasteiger charge is 2.14. The Morgan fingerprint density at radius 3 is 2.60 bits per heavy atom. The molecule has 4 heteroatoms. The van der Waals surface area contributed by atoms with Crippen molar-refractivity contribution in [3.8, 4) is 10.4 Å². The predicted molar refractivity (Wildman–Crippen MR) is 81.0 cm³/mol. The number of nitrogens with one attached hydrogen (secondary N) is 1. The molecule has 0 saturated carbocycles. The highest BCUT2D eigenvalue weighted by atomic mass is 32.1. The molecule has 1 aromatic heterocycles. The van der Waals surface area contributed by atoms with E-state index < -0.39 is 11.6 Å². The summed E-state index contributed by atoms with van der Waals surface area (Å²) < 4.78 is 26.7. The molecule has 0 aliphatic carbocycles. The minimum absolute atomic E-state index is 0.312. The fourth-order valence-electron chi connectivity index (χ4n) is 2.25. The van der Waals surface area contributed by atoms with Crippen LogP contribution in [0.4, 0.5) is 8.78 Å². The summed E-state index contributed by atoms with van der Waals surface area (Å²) in [6, 6.07) is 7.99. The third kappa shape index (κ3) is 3.44. The topological polar surface area (TPSA) is 12.0 Å². The quantitative estimate of drug-likeness (QED) is 0.777. The van der Waals surface area contributed by atoms with Crippen LogP contribution in [0, 0.1) is 11.6 Å². The van der Waals surface area contributed by atoms with Gasteiger partial charge in [-0.05, 0) is 37.2 Å². The highest BCUT2D eigenvalue weighted by molar-refractivity contribution is 7.15. The molecule has 0 bridgehead atoms. The van der Waals surface area contributed by atoms with Gasteiger partial charge in [-0.2, -0.15) is 0 Å². The third-order valence-corrected chi connectivity index (χ3v) is 4.43. The Kier molecular flexibility index (Phi) is 5.26. The fourth-order valence-corrected chi connectivity index (χ4v) is 3.40. The van der Waals surface area contributed by atoms with Crippen LogP contribution in [0.3, 0.4) is 0 Å². The van der Waals surface area contributed by atoms with E-state index in [1.807, 2.05) is 12.1 Å². The van der Waals surface area contributed by atoms with Gasteiger partial charge in [-0.25, -0.2) is 8.78 Å². The van der Waals surface area contributed by atoms with Crippen LogP contribution in [-0.2, 0) is 0 Å². The molecular weight excluding hydrogens is 276 g/mol. The number of halogens is 2. The molecule has 0 spiro atoms. The Balaban J connectivity index is 2.27. The summed E-state index contributed by atoms with van der Waals surface area (Å²) in [5.74, 6) is -1.05. The van der Waals surface area contributed by atoms with E-state index in [2.05, 4.69) is 19.2 Å². The van der Waals surface area contributed by atoms with Crippen LogP contribution in [0.25, 0.3) is 10.4 Å². The predicted octanol–water partition coefficient (Wildman–Crippen LogP) is 5.14. The third-order valence-electron chi connectivity index (χ3n) is 3.19. The van der Waals surface area contributed by atoms with Gasteiger partial charge >= 0.3 is 0 Å². The number of thiophene rings is 1. The first-order chi connectivity index (χ1) is 9.65. The van der Waals surface area contributed by atoms with Gasteiger partial charge in [0.2, 0.25) is 0 Å². The lowest BCUT2D eigenvalue weighted by atomic mass is 10.1. The summed E-state index contributed by atoms with van der Waals surface area (Å²) >= 11 is 1.57. The maximum atomic E-state index is 13.8. The van der Waals surface area contributed by atoms with E-state index in [0.29, 0.717) is 11.6 Å². The maximum Gasteiger partial charge on any atom is 0.134 e. The van der Waals surface area contributed by atoms with Crippen molar-refractivity contribution in [2.45, 2.75) is 32.7 Å². The zero-order valence-corrected chi connectivity index (χ0v) is 12.6. The van der Waals surface area contributed by atoms with Gasteiger partial charge in [-0.3, -0.25) is 0 Å². The standard InChI is InChI=1S/C16H19F2NS/c1-3-5-14(19-4-2)16-9-8-15(20-16)12-7-6-11(17)10-13(12)18/h6-10,14,19H,3-5H2,1-2H3. The van der Waals surface area contributed by atoms with E-state index in [4.69, 9.17) is 0 Å². The van der Waals surface area contributed by atoms with Gasteiger partial charge < -0.3 is 5.32 Å². The molecule has 2 aromatic rings. The fraction of sp³-hybridized carbons (Fsp3) is 0.375. The first-order valence-corrected chi connectivity index (χ1v) is 7.75. The minimum Gasteiger partial charge on any atom is -0.310 e. The van der Waals surface area contributed by atoms with Gasteiger partial charge in [0.05, 0.1) is 0 Å². The lowest BCUT2D eigenvalue weighted by Crippen LogP contribution is -2.19. The second kappa shape index (κ2) is 6.95. The SMILES string of the molecule is CCCC(NCC)c1ccc(-c2ccc(F)cc2F)s1. The molecule has 1 N–H and O–H groups in total. The number of rotatable bonds is 6. The van der Waals surface area contributed by atoms with Crippen molar-refractivity contribution in [1.82, 2.24) is 5.32 Å². The molecule has 20 heavy (non-hydrogen) atoms. The van der Waals surface area contributed by atoms with E-state index in [9.17, 15) is 8.78 Å². The first-order valence-electron chi connectivity index (χ1n) is 6.94. The van der Waals surface area contributed by atoms with Gasteiger partial charge in [0, 0.05) is 27.4 Å². The summed E-state index contributed by atoms with van der Waals surface area (Å²) in [5, 5.41) is 3.45. The van der Waals surface area contributed by atoms with E-state index in [-0.39, 0.29) is 0 Å². The maximum absolute atomic E-state index is 13.8. The molecule has 0 amide bonds. The first kappa shape index (κ1) is 15.1. The second-order valence-corrected chi connectivity index (χ2v) is 5.84. The molecule has 0 radical (unpaired) electrons. The van der Waals surface area contributed by atoms with E-state index in [0.717, 1.165) is 30.3 Å². The molecule has 0 saturated heterocycles. The normalized spacial score (nSPS) is 12.6. The lowest BCUT2D eigenvalue weighted by Gasteiger charge is -2.15. The summed E-state index contributed by atoms with van der Waals surface area (Å²) in [6.07, 6.45) is 2.15. The number of hydrogen-bond acceptors (Lipinski definition) is 2. The number of benzene rings is 1. The highest BCUT2D eigenvalue weighted by Crippen LogP contribution is 2.34. The molecule has 1 heterocycles. The molecule has 1 atom stereocenters. The Bertz CT molecular complexity index is 559. The number of hydrogen-bond donors (Lipinski definition) is 1. The van der Waals surface area contributed by atoms with Gasteiger partial charge in [-0.1, -0.05) is 20.3 Å². The average molecular weight is 295 g/mol. The smallest absolute Gasteiger partial charge is 0.134 e. The lowest BCUT2D eigenvalue weighted by molar-refractivity contribution is 0.516. The average Bonchev–Trinajstić information content (AvgIpc) is 2.88. The Morgan fingerprint density at radius 1 is 1.15 bits per heavy atom. The molecule has 0 aliphatic heterocycles. The molecule has 1 unspecified atom stereocenters. The Hall–Kier alpha value is -1.26.